The molecule has 4 N–H and O–H groups in total. The van der Waals surface area contributed by atoms with E-state index in [1.807, 2.05) is 0 Å². The van der Waals surface area contributed by atoms with Crippen molar-refractivity contribution in [3.05, 3.63) is 0 Å². The van der Waals surface area contributed by atoms with Crippen LogP contribution in [0.25, 0.3) is 0 Å². The quantitative estimate of drug-likeness (QED) is 0.429. The molecule has 0 aromatic carbocycles. The maximum atomic E-state index is 5.66. The Labute approximate surface area is 75.5 Å². The molecule has 0 aromatic rings. The van der Waals surface area contributed by atoms with Gasteiger partial charge in [0.15, 0.2) is 0 Å². The predicted molar refractivity (Wildman–Crippen MR) is 51.7 cm³/mol. The lowest BCUT2D eigenvalue weighted by Crippen LogP contribution is -2.25. The highest BCUT2D eigenvalue weighted by molar-refractivity contribution is 4.49. The van der Waals surface area contributed by atoms with Gasteiger partial charge in [-0.05, 0) is 25.8 Å². The highest BCUT2D eigenvalue weighted by Crippen LogP contribution is 1.99. The minimum Gasteiger partial charge on any atom is -0.364 e. The Kier molecular flexibility index (Phi) is 8.88. The first-order chi connectivity index (χ1) is 5.81. The summed E-state index contributed by atoms with van der Waals surface area (Å²) < 4.78 is 5.37. The fraction of sp³-hybridized carbons (Fsp3) is 1.00. The maximum Gasteiger partial charge on any atom is 0.105 e. The molecule has 0 amide bonds. The highest BCUT2D eigenvalue weighted by Gasteiger charge is 2.00. The Hall–Kier alpha value is -0.120. The van der Waals surface area contributed by atoms with Gasteiger partial charge in [-0.25, -0.2) is 0 Å². The summed E-state index contributed by atoms with van der Waals surface area (Å²) in [5.74, 6) is 0. The second kappa shape index (κ2) is 8.97. The Morgan fingerprint density at radius 2 is 2.00 bits per heavy atom. The fourth-order valence-electron chi connectivity index (χ4n) is 0.989. The minimum absolute atomic E-state index is 0.106. The number of ether oxygens (including phenoxy) is 1. The molecule has 3 nitrogen and oxygen atoms in total. The van der Waals surface area contributed by atoms with Crippen LogP contribution in [-0.4, -0.2) is 19.4 Å². The molecule has 0 aromatic heterocycles. The van der Waals surface area contributed by atoms with Gasteiger partial charge in [0.25, 0.3) is 0 Å². The van der Waals surface area contributed by atoms with Gasteiger partial charge < -0.3 is 16.2 Å². The van der Waals surface area contributed by atoms with Crippen molar-refractivity contribution in [3.8, 4) is 0 Å². The number of unbranched alkanes of at least 4 members (excludes halogenated alkanes) is 2. The van der Waals surface area contributed by atoms with Gasteiger partial charge in [0, 0.05) is 6.61 Å². The van der Waals surface area contributed by atoms with Crippen LogP contribution in [0.5, 0.6) is 0 Å². The molecule has 0 saturated carbocycles. The van der Waals surface area contributed by atoms with Gasteiger partial charge in [-0.2, -0.15) is 0 Å². The largest absolute Gasteiger partial charge is 0.364 e. The van der Waals surface area contributed by atoms with Gasteiger partial charge in [-0.3, -0.25) is 0 Å². The standard InChI is InChI=1S/C9H22N2O/c1-2-3-4-8-12-9(11)6-5-7-10/h9H,2-8,10-11H2,1H3. The number of hydrogen-bond donors (Lipinski definition) is 2. The van der Waals surface area contributed by atoms with Gasteiger partial charge in [0.05, 0.1) is 0 Å². The van der Waals surface area contributed by atoms with E-state index in [2.05, 4.69) is 6.92 Å². The Morgan fingerprint density at radius 1 is 1.25 bits per heavy atom. The molecule has 1 unspecified atom stereocenters. The zero-order valence-corrected chi connectivity index (χ0v) is 8.09. The molecular formula is C9H22N2O. The first-order valence-corrected chi connectivity index (χ1v) is 4.88. The minimum atomic E-state index is -0.106. The zero-order valence-electron chi connectivity index (χ0n) is 8.09. The fourth-order valence-corrected chi connectivity index (χ4v) is 0.989. The molecule has 0 saturated heterocycles. The SMILES string of the molecule is CCCCCOC(N)CCCN. The third kappa shape index (κ3) is 7.98. The van der Waals surface area contributed by atoms with Crippen molar-refractivity contribution in [2.75, 3.05) is 13.2 Å². The van der Waals surface area contributed by atoms with E-state index < -0.39 is 0 Å². The molecule has 0 aliphatic carbocycles. The van der Waals surface area contributed by atoms with Gasteiger partial charge >= 0.3 is 0 Å². The van der Waals surface area contributed by atoms with Crippen molar-refractivity contribution in [2.45, 2.75) is 45.3 Å². The molecule has 0 aliphatic heterocycles. The van der Waals surface area contributed by atoms with Crippen molar-refractivity contribution < 1.29 is 4.74 Å². The van der Waals surface area contributed by atoms with Crippen molar-refractivity contribution >= 4 is 0 Å². The predicted octanol–water partition coefficient (Wildman–Crippen LogP) is 1.22. The number of nitrogens with two attached hydrogens (primary N) is 2. The Bertz CT molecular complexity index is 88.6. The van der Waals surface area contributed by atoms with Crippen molar-refractivity contribution in [2.24, 2.45) is 11.5 Å². The van der Waals surface area contributed by atoms with E-state index in [1.165, 1.54) is 12.8 Å². The number of hydrogen-bond acceptors (Lipinski definition) is 3. The summed E-state index contributed by atoms with van der Waals surface area (Å²) in [7, 11) is 0. The van der Waals surface area contributed by atoms with Crippen LogP contribution in [0.15, 0.2) is 0 Å². The van der Waals surface area contributed by atoms with E-state index in [0.29, 0.717) is 6.54 Å². The third-order valence-corrected chi connectivity index (χ3v) is 1.77. The van der Waals surface area contributed by atoms with Crippen LogP contribution in [0.2, 0.25) is 0 Å². The average Bonchev–Trinajstić information content (AvgIpc) is 2.09. The van der Waals surface area contributed by atoms with Crippen LogP contribution in [0.4, 0.5) is 0 Å². The maximum absolute atomic E-state index is 5.66. The monoisotopic (exact) mass is 174 g/mol. The summed E-state index contributed by atoms with van der Waals surface area (Å²) in [6.45, 7) is 3.67. The summed E-state index contributed by atoms with van der Waals surface area (Å²) >= 11 is 0. The molecule has 0 bridgehead atoms. The first kappa shape index (κ1) is 11.9. The molecule has 0 rings (SSSR count). The second-order valence-corrected chi connectivity index (χ2v) is 3.05. The molecule has 3 heteroatoms. The molecule has 0 spiro atoms. The lowest BCUT2D eigenvalue weighted by molar-refractivity contribution is 0.0486. The Morgan fingerprint density at radius 3 is 2.58 bits per heavy atom. The van der Waals surface area contributed by atoms with Gasteiger partial charge in [-0.1, -0.05) is 19.8 Å². The van der Waals surface area contributed by atoms with Crippen LogP contribution in [0, 0.1) is 0 Å². The summed E-state index contributed by atoms with van der Waals surface area (Å²) in [5.41, 5.74) is 11.0. The van der Waals surface area contributed by atoms with Crippen LogP contribution < -0.4 is 11.5 Å². The first-order valence-electron chi connectivity index (χ1n) is 4.88. The number of rotatable bonds is 8. The molecule has 0 radical (unpaired) electrons. The summed E-state index contributed by atoms with van der Waals surface area (Å²) in [5, 5.41) is 0. The highest BCUT2D eigenvalue weighted by atomic mass is 16.5. The van der Waals surface area contributed by atoms with Crippen LogP contribution >= 0.6 is 0 Å². The zero-order chi connectivity index (χ0) is 9.23. The van der Waals surface area contributed by atoms with Crippen LogP contribution in [-0.2, 0) is 4.74 Å². The van der Waals surface area contributed by atoms with Crippen molar-refractivity contribution in [3.63, 3.8) is 0 Å². The van der Waals surface area contributed by atoms with Gasteiger partial charge in [0.2, 0.25) is 0 Å². The molecule has 12 heavy (non-hydrogen) atoms. The smallest absolute Gasteiger partial charge is 0.105 e. The molecule has 74 valence electrons. The lowest BCUT2D eigenvalue weighted by Gasteiger charge is -2.11. The average molecular weight is 174 g/mol. The van der Waals surface area contributed by atoms with Crippen molar-refractivity contribution in [1.29, 1.82) is 0 Å². The van der Waals surface area contributed by atoms with Gasteiger partial charge in [0.1, 0.15) is 6.23 Å². The molecule has 0 heterocycles. The van der Waals surface area contributed by atoms with E-state index in [1.54, 1.807) is 0 Å². The normalized spacial score (nSPS) is 13.2. The van der Waals surface area contributed by atoms with Crippen LogP contribution in [0.3, 0.4) is 0 Å². The van der Waals surface area contributed by atoms with E-state index >= 15 is 0 Å². The molecule has 0 aliphatic rings. The Balaban J connectivity index is 3.02. The summed E-state index contributed by atoms with van der Waals surface area (Å²) in [4.78, 5) is 0. The molecular weight excluding hydrogens is 152 g/mol. The topological polar surface area (TPSA) is 61.3 Å². The second-order valence-electron chi connectivity index (χ2n) is 3.05. The van der Waals surface area contributed by atoms with Crippen molar-refractivity contribution in [1.82, 2.24) is 0 Å². The summed E-state index contributed by atoms with van der Waals surface area (Å²) in [6, 6.07) is 0. The van der Waals surface area contributed by atoms with Crippen LogP contribution in [0.1, 0.15) is 39.0 Å². The lowest BCUT2D eigenvalue weighted by atomic mass is 10.2. The van der Waals surface area contributed by atoms with E-state index in [4.69, 9.17) is 16.2 Å². The van der Waals surface area contributed by atoms with Gasteiger partial charge in [-0.15, -0.1) is 0 Å². The van der Waals surface area contributed by atoms with E-state index in [-0.39, 0.29) is 6.23 Å². The molecule has 0 fully saturated rings. The van der Waals surface area contributed by atoms with E-state index in [9.17, 15) is 0 Å². The van der Waals surface area contributed by atoms with E-state index in [0.717, 1.165) is 25.9 Å². The molecule has 1 atom stereocenters. The summed E-state index contributed by atoms with van der Waals surface area (Å²) in [6.07, 6.45) is 5.29. The third-order valence-electron chi connectivity index (χ3n) is 1.77.